The van der Waals surface area contributed by atoms with E-state index in [4.69, 9.17) is 5.11 Å². The minimum Gasteiger partial charge on any atom is -0.479 e. The molecule has 0 aliphatic rings. The van der Waals surface area contributed by atoms with Crippen LogP contribution in [0.5, 0.6) is 0 Å². The number of carboxylic acid groups (broad SMARTS) is 1. The van der Waals surface area contributed by atoms with E-state index in [9.17, 15) is 18.4 Å². The van der Waals surface area contributed by atoms with E-state index >= 15 is 0 Å². The number of ether oxygens (including phenoxy) is 1. The number of methoxy groups -OCH3 is 1. The number of aliphatic carboxylic acids is 1. The van der Waals surface area contributed by atoms with Crippen LogP contribution in [0.25, 0.3) is 0 Å². The Hall–Kier alpha value is -2.02. The molecule has 5 nitrogen and oxygen atoms in total. The van der Waals surface area contributed by atoms with Crippen molar-refractivity contribution in [2.45, 2.75) is 12.6 Å². The van der Waals surface area contributed by atoms with Crippen LogP contribution in [0.4, 0.5) is 8.78 Å². The number of halogens is 2. The maximum atomic E-state index is 12.8. The van der Waals surface area contributed by atoms with Gasteiger partial charge < -0.3 is 15.2 Å². The van der Waals surface area contributed by atoms with E-state index in [1.807, 2.05) is 0 Å². The number of hydrogen-bond donors (Lipinski definition) is 2. The zero-order valence-electron chi connectivity index (χ0n) is 9.44. The molecule has 0 bridgehead atoms. The van der Waals surface area contributed by atoms with E-state index in [0.717, 1.165) is 19.2 Å². The molecule has 7 heteroatoms. The van der Waals surface area contributed by atoms with Crippen molar-refractivity contribution < 1.29 is 28.2 Å². The molecule has 0 spiro atoms. The van der Waals surface area contributed by atoms with Crippen molar-refractivity contribution in [3.8, 4) is 0 Å². The Morgan fingerprint density at radius 1 is 1.33 bits per heavy atom. The molecule has 0 aliphatic heterocycles. The van der Waals surface area contributed by atoms with E-state index in [2.05, 4.69) is 10.1 Å². The van der Waals surface area contributed by atoms with Crippen LogP contribution in [-0.2, 0) is 20.9 Å². The second kappa shape index (κ2) is 6.06. The summed E-state index contributed by atoms with van der Waals surface area (Å²) in [5.74, 6) is -3.89. The Morgan fingerprint density at radius 2 is 1.89 bits per heavy atom. The van der Waals surface area contributed by atoms with E-state index in [-0.39, 0.29) is 12.1 Å². The molecule has 1 aromatic carbocycles. The van der Waals surface area contributed by atoms with Gasteiger partial charge in [-0.3, -0.25) is 4.79 Å². The quantitative estimate of drug-likeness (QED) is 0.762. The fraction of sp³-hybridized carbons (Fsp3) is 0.273. The first kappa shape index (κ1) is 14.0. The molecular formula is C11H11F2NO4. The van der Waals surface area contributed by atoms with Gasteiger partial charge in [0.2, 0.25) is 6.10 Å². The van der Waals surface area contributed by atoms with E-state index in [0.29, 0.717) is 6.07 Å². The third-order valence-electron chi connectivity index (χ3n) is 2.09. The van der Waals surface area contributed by atoms with Crippen LogP contribution in [0, 0.1) is 11.6 Å². The van der Waals surface area contributed by atoms with E-state index < -0.39 is 29.6 Å². The molecule has 98 valence electrons. The van der Waals surface area contributed by atoms with Gasteiger partial charge in [-0.2, -0.15) is 0 Å². The average Bonchev–Trinajstić information content (AvgIpc) is 2.25. The summed E-state index contributed by atoms with van der Waals surface area (Å²) in [4.78, 5) is 21.9. The normalized spacial score (nSPS) is 11.9. The lowest BCUT2D eigenvalue weighted by Gasteiger charge is -2.11. The minimum atomic E-state index is -1.65. The third kappa shape index (κ3) is 3.77. The van der Waals surface area contributed by atoms with Crippen LogP contribution in [0.1, 0.15) is 5.56 Å². The molecule has 0 radical (unpaired) electrons. The molecule has 0 heterocycles. The Labute approximate surface area is 101 Å². The van der Waals surface area contributed by atoms with Crippen molar-refractivity contribution in [1.29, 1.82) is 0 Å². The molecule has 1 amide bonds. The largest absolute Gasteiger partial charge is 0.479 e. The van der Waals surface area contributed by atoms with Crippen molar-refractivity contribution in [2.24, 2.45) is 0 Å². The molecule has 0 saturated carbocycles. The van der Waals surface area contributed by atoms with Crippen LogP contribution in [0.15, 0.2) is 18.2 Å². The van der Waals surface area contributed by atoms with Crippen LogP contribution >= 0.6 is 0 Å². The first-order valence-corrected chi connectivity index (χ1v) is 4.92. The Morgan fingerprint density at radius 3 is 2.33 bits per heavy atom. The smallest absolute Gasteiger partial charge is 0.342 e. The van der Waals surface area contributed by atoms with Gasteiger partial charge in [0.15, 0.2) is 0 Å². The summed E-state index contributed by atoms with van der Waals surface area (Å²) < 4.78 is 30.1. The predicted octanol–water partition coefficient (Wildman–Crippen LogP) is 0.681. The van der Waals surface area contributed by atoms with E-state index in [1.54, 1.807) is 0 Å². The van der Waals surface area contributed by atoms with Gasteiger partial charge in [-0.1, -0.05) is 0 Å². The van der Waals surface area contributed by atoms with Crippen LogP contribution in [0.2, 0.25) is 0 Å². The van der Waals surface area contributed by atoms with Crippen LogP contribution in [0.3, 0.4) is 0 Å². The molecule has 0 saturated heterocycles. The summed E-state index contributed by atoms with van der Waals surface area (Å²) in [6.45, 7) is -0.194. The van der Waals surface area contributed by atoms with Gasteiger partial charge in [-0.25, -0.2) is 13.6 Å². The highest BCUT2D eigenvalue weighted by Gasteiger charge is 2.25. The summed E-state index contributed by atoms with van der Waals surface area (Å²) >= 11 is 0. The fourth-order valence-electron chi connectivity index (χ4n) is 1.31. The predicted molar refractivity (Wildman–Crippen MR) is 56.6 cm³/mol. The summed E-state index contributed by atoms with van der Waals surface area (Å²) in [6.07, 6.45) is -1.65. The van der Waals surface area contributed by atoms with Crippen LogP contribution in [-0.4, -0.2) is 30.2 Å². The summed E-state index contributed by atoms with van der Waals surface area (Å²) in [6, 6.07) is 2.76. The van der Waals surface area contributed by atoms with Gasteiger partial charge in [0, 0.05) is 19.7 Å². The van der Waals surface area contributed by atoms with Crippen molar-refractivity contribution in [3.63, 3.8) is 0 Å². The molecule has 0 aromatic heterocycles. The lowest BCUT2D eigenvalue weighted by molar-refractivity contribution is -0.155. The van der Waals surface area contributed by atoms with Gasteiger partial charge in [0.05, 0.1) is 0 Å². The lowest BCUT2D eigenvalue weighted by atomic mass is 10.2. The second-order valence-electron chi connectivity index (χ2n) is 3.45. The van der Waals surface area contributed by atoms with Crippen molar-refractivity contribution >= 4 is 11.9 Å². The number of carbonyl (C=O) groups is 2. The van der Waals surface area contributed by atoms with Crippen molar-refractivity contribution in [1.82, 2.24) is 5.32 Å². The van der Waals surface area contributed by atoms with Gasteiger partial charge in [0.25, 0.3) is 5.91 Å². The molecule has 2 N–H and O–H groups in total. The van der Waals surface area contributed by atoms with Crippen molar-refractivity contribution in [3.05, 3.63) is 35.4 Å². The standard InChI is InChI=1S/C11H11F2NO4/c1-18-9(11(16)17)10(15)14-5-6-2-7(12)4-8(13)3-6/h2-4,9H,5H2,1H3,(H,14,15)(H,16,17). The zero-order chi connectivity index (χ0) is 13.7. The molecular weight excluding hydrogens is 248 g/mol. The number of carbonyl (C=O) groups excluding carboxylic acids is 1. The molecule has 1 rings (SSSR count). The third-order valence-corrected chi connectivity index (χ3v) is 2.09. The highest BCUT2D eigenvalue weighted by molar-refractivity contribution is 5.99. The van der Waals surface area contributed by atoms with E-state index in [1.165, 1.54) is 0 Å². The van der Waals surface area contributed by atoms with Gasteiger partial charge in [0.1, 0.15) is 11.6 Å². The Bertz CT molecular complexity index is 444. The maximum absolute atomic E-state index is 12.8. The summed E-state index contributed by atoms with van der Waals surface area (Å²) in [5.41, 5.74) is 0.182. The Balaban J connectivity index is 2.64. The second-order valence-corrected chi connectivity index (χ2v) is 3.45. The topological polar surface area (TPSA) is 75.6 Å². The number of amides is 1. The fourth-order valence-corrected chi connectivity index (χ4v) is 1.31. The number of hydrogen-bond acceptors (Lipinski definition) is 3. The molecule has 1 unspecified atom stereocenters. The number of rotatable bonds is 5. The SMILES string of the molecule is COC(C(=O)O)C(=O)NCc1cc(F)cc(F)c1. The number of carboxylic acids is 1. The number of benzene rings is 1. The lowest BCUT2D eigenvalue weighted by Crippen LogP contribution is -2.40. The molecule has 1 atom stereocenters. The summed E-state index contributed by atoms with van der Waals surface area (Å²) in [5, 5.41) is 10.8. The van der Waals surface area contributed by atoms with Crippen molar-refractivity contribution in [2.75, 3.05) is 7.11 Å². The maximum Gasteiger partial charge on any atom is 0.342 e. The number of nitrogens with one attached hydrogen (secondary N) is 1. The first-order valence-electron chi connectivity index (χ1n) is 4.92. The van der Waals surface area contributed by atoms with Crippen LogP contribution < -0.4 is 5.32 Å². The highest BCUT2D eigenvalue weighted by atomic mass is 19.1. The first-order chi connectivity index (χ1) is 8.43. The highest BCUT2D eigenvalue weighted by Crippen LogP contribution is 2.07. The monoisotopic (exact) mass is 259 g/mol. The molecule has 0 fully saturated rings. The molecule has 1 aromatic rings. The zero-order valence-corrected chi connectivity index (χ0v) is 9.44. The summed E-state index contributed by atoms with van der Waals surface area (Å²) in [7, 11) is 1.07. The Kier molecular flexibility index (Phi) is 4.73. The van der Waals surface area contributed by atoms with Gasteiger partial charge in [-0.15, -0.1) is 0 Å². The van der Waals surface area contributed by atoms with Gasteiger partial charge >= 0.3 is 5.97 Å². The molecule has 0 aliphatic carbocycles. The van der Waals surface area contributed by atoms with Gasteiger partial charge in [-0.05, 0) is 17.7 Å². The average molecular weight is 259 g/mol. The molecule has 18 heavy (non-hydrogen) atoms. The minimum absolute atomic E-state index is 0.182.